The summed E-state index contributed by atoms with van der Waals surface area (Å²) in [5.41, 5.74) is 0.584. The second-order valence-corrected chi connectivity index (χ2v) is 6.52. The predicted octanol–water partition coefficient (Wildman–Crippen LogP) is 6.50. The fourth-order valence-corrected chi connectivity index (χ4v) is 3.03. The topological polar surface area (TPSA) is 12.0 Å². The summed E-state index contributed by atoms with van der Waals surface area (Å²) in [7, 11) is 0. The number of hydrogen-bond donors (Lipinski definition) is 1. The number of anilines is 1. The van der Waals surface area contributed by atoms with Gasteiger partial charge in [0.05, 0.1) is 5.56 Å². The van der Waals surface area contributed by atoms with E-state index in [1.54, 1.807) is 18.2 Å². The zero-order valence-corrected chi connectivity index (χ0v) is 14.4. The molecule has 0 aromatic heterocycles. The average Bonchev–Trinajstić information content (AvgIpc) is 2.36. The van der Waals surface area contributed by atoms with Crippen molar-refractivity contribution in [1.29, 1.82) is 0 Å². The van der Waals surface area contributed by atoms with Crippen molar-refractivity contribution < 1.29 is 13.2 Å². The zero-order chi connectivity index (χ0) is 15.6. The number of benzene rings is 2. The van der Waals surface area contributed by atoms with E-state index in [0.29, 0.717) is 21.7 Å². The van der Waals surface area contributed by atoms with Gasteiger partial charge in [0.2, 0.25) is 0 Å². The Hall–Kier alpha value is -0.720. The lowest BCUT2D eigenvalue weighted by Crippen LogP contribution is -2.07. The number of hydrogen-bond acceptors (Lipinski definition) is 1. The summed E-state index contributed by atoms with van der Waals surface area (Å²) in [6, 6.07) is 8.99. The number of alkyl halides is 3. The molecule has 0 aliphatic carbocycles. The van der Waals surface area contributed by atoms with Crippen molar-refractivity contribution in [3.63, 3.8) is 0 Å². The molecule has 0 radical (unpaired) electrons. The Morgan fingerprint density at radius 1 is 1.05 bits per heavy atom. The quantitative estimate of drug-likeness (QED) is 0.571. The van der Waals surface area contributed by atoms with Crippen LogP contribution in [0.4, 0.5) is 18.9 Å². The summed E-state index contributed by atoms with van der Waals surface area (Å²) in [6.07, 6.45) is -4.37. The van der Waals surface area contributed by atoms with Crippen LogP contribution in [0.3, 0.4) is 0 Å². The van der Waals surface area contributed by atoms with Crippen LogP contribution in [0, 0.1) is 0 Å². The van der Waals surface area contributed by atoms with E-state index in [-0.39, 0.29) is 0 Å². The summed E-state index contributed by atoms with van der Waals surface area (Å²) in [6.45, 7) is 0.380. The summed E-state index contributed by atoms with van der Waals surface area (Å²) < 4.78 is 39.4. The number of halogens is 6. The van der Waals surface area contributed by atoms with E-state index in [2.05, 4.69) is 37.2 Å². The molecule has 0 bridgehead atoms. The Balaban J connectivity index is 2.18. The van der Waals surface area contributed by atoms with Crippen LogP contribution in [0.5, 0.6) is 0 Å². The van der Waals surface area contributed by atoms with Gasteiger partial charge in [-0.2, -0.15) is 13.2 Å². The third kappa shape index (κ3) is 4.63. The van der Waals surface area contributed by atoms with Gasteiger partial charge in [0.15, 0.2) is 0 Å². The molecule has 0 saturated heterocycles. The number of nitrogens with one attached hydrogen (secondary N) is 1. The molecule has 7 heteroatoms. The molecule has 0 fully saturated rings. The van der Waals surface area contributed by atoms with Crippen LogP contribution < -0.4 is 5.32 Å². The van der Waals surface area contributed by atoms with Crippen LogP contribution >= 0.6 is 43.5 Å². The second-order valence-electron chi connectivity index (χ2n) is 4.32. The molecule has 0 heterocycles. The molecule has 0 amide bonds. The zero-order valence-electron chi connectivity index (χ0n) is 10.4. The van der Waals surface area contributed by atoms with Crippen LogP contribution in [-0.2, 0) is 12.7 Å². The maximum absolute atomic E-state index is 12.7. The third-order valence-corrected chi connectivity index (χ3v) is 4.15. The SMILES string of the molecule is FC(F)(F)c1cc(Br)cc(NCc2ccc(Cl)cc2Br)c1. The predicted molar refractivity (Wildman–Crippen MR) is 85.6 cm³/mol. The molecule has 0 atom stereocenters. The smallest absolute Gasteiger partial charge is 0.381 e. The lowest BCUT2D eigenvalue weighted by Gasteiger charge is -2.12. The summed E-state index contributed by atoms with van der Waals surface area (Å²) in [4.78, 5) is 0. The Morgan fingerprint density at radius 2 is 1.76 bits per heavy atom. The number of rotatable bonds is 3. The van der Waals surface area contributed by atoms with E-state index in [4.69, 9.17) is 11.6 Å². The molecule has 0 saturated carbocycles. The van der Waals surface area contributed by atoms with Gasteiger partial charge in [-0.05, 0) is 35.9 Å². The summed E-state index contributed by atoms with van der Waals surface area (Å²) >= 11 is 12.3. The lowest BCUT2D eigenvalue weighted by atomic mass is 10.2. The maximum Gasteiger partial charge on any atom is 0.416 e. The molecule has 0 spiro atoms. The van der Waals surface area contributed by atoms with Crippen LogP contribution in [0.1, 0.15) is 11.1 Å². The van der Waals surface area contributed by atoms with Gasteiger partial charge in [0.25, 0.3) is 0 Å². The molecule has 1 nitrogen and oxygen atoms in total. The van der Waals surface area contributed by atoms with E-state index < -0.39 is 11.7 Å². The minimum atomic E-state index is -4.37. The van der Waals surface area contributed by atoms with E-state index in [0.717, 1.165) is 22.2 Å². The normalized spacial score (nSPS) is 11.5. The van der Waals surface area contributed by atoms with Crippen molar-refractivity contribution in [2.45, 2.75) is 12.7 Å². The molecule has 2 rings (SSSR count). The molecular weight excluding hydrogens is 434 g/mol. The lowest BCUT2D eigenvalue weighted by molar-refractivity contribution is -0.137. The Bertz CT molecular complexity index is 659. The van der Waals surface area contributed by atoms with Gasteiger partial charge >= 0.3 is 6.18 Å². The van der Waals surface area contributed by atoms with Gasteiger partial charge in [0, 0.05) is 26.2 Å². The minimum Gasteiger partial charge on any atom is -0.381 e. The van der Waals surface area contributed by atoms with Gasteiger partial charge in [-0.25, -0.2) is 0 Å². The van der Waals surface area contributed by atoms with Crippen molar-refractivity contribution in [3.8, 4) is 0 Å². The fourth-order valence-electron chi connectivity index (χ4n) is 1.72. The Kier molecular flexibility index (Phi) is 5.22. The molecule has 2 aromatic carbocycles. The second kappa shape index (κ2) is 6.58. The van der Waals surface area contributed by atoms with E-state index in [9.17, 15) is 13.2 Å². The van der Waals surface area contributed by atoms with Gasteiger partial charge in [-0.15, -0.1) is 0 Å². The highest BCUT2D eigenvalue weighted by molar-refractivity contribution is 9.10. The van der Waals surface area contributed by atoms with Crippen molar-refractivity contribution in [2.24, 2.45) is 0 Å². The molecule has 0 aliphatic heterocycles. The standard InChI is InChI=1S/C14H9Br2ClF3N/c15-10-3-9(14(18,19)20)4-12(5-10)21-7-8-1-2-11(17)6-13(8)16/h1-6,21H,7H2. The van der Waals surface area contributed by atoms with E-state index >= 15 is 0 Å². The fraction of sp³-hybridized carbons (Fsp3) is 0.143. The van der Waals surface area contributed by atoms with Crippen LogP contribution in [0.15, 0.2) is 45.3 Å². The first-order chi connectivity index (χ1) is 9.75. The van der Waals surface area contributed by atoms with Crippen molar-refractivity contribution >= 4 is 49.1 Å². The summed E-state index contributed by atoms with van der Waals surface area (Å²) in [5.74, 6) is 0. The van der Waals surface area contributed by atoms with Gasteiger partial charge in [-0.3, -0.25) is 0 Å². The first-order valence-electron chi connectivity index (χ1n) is 5.81. The molecule has 2 aromatic rings. The highest BCUT2D eigenvalue weighted by Gasteiger charge is 2.31. The van der Waals surface area contributed by atoms with E-state index in [1.165, 1.54) is 0 Å². The molecule has 0 unspecified atom stereocenters. The molecule has 112 valence electrons. The van der Waals surface area contributed by atoms with Crippen LogP contribution in [-0.4, -0.2) is 0 Å². The molecular formula is C14H9Br2ClF3N. The third-order valence-electron chi connectivity index (χ3n) is 2.72. The maximum atomic E-state index is 12.7. The highest BCUT2D eigenvalue weighted by Crippen LogP contribution is 2.33. The molecule has 1 N–H and O–H groups in total. The first kappa shape index (κ1) is 16.6. The Morgan fingerprint density at radius 3 is 2.38 bits per heavy atom. The van der Waals surface area contributed by atoms with Crippen molar-refractivity contribution in [3.05, 3.63) is 61.5 Å². The largest absolute Gasteiger partial charge is 0.416 e. The van der Waals surface area contributed by atoms with Crippen molar-refractivity contribution in [2.75, 3.05) is 5.32 Å². The monoisotopic (exact) mass is 441 g/mol. The average molecular weight is 443 g/mol. The minimum absolute atomic E-state index is 0.370. The molecule has 21 heavy (non-hydrogen) atoms. The van der Waals surface area contributed by atoms with Crippen LogP contribution in [0.2, 0.25) is 5.02 Å². The van der Waals surface area contributed by atoms with Gasteiger partial charge < -0.3 is 5.32 Å². The first-order valence-corrected chi connectivity index (χ1v) is 7.78. The van der Waals surface area contributed by atoms with E-state index in [1.807, 2.05) is 6.07 Å². The highest BCUT2D eigenvalue weighted by atomic mass is 79.9. The van der Waals surface area contributed by atoms with Crippen LogP contribution in [0.25, 0.3) is 0 Å². The Labute approximate surface area is 141 Å². The molecule has 0 aliphatic rings. The van der Waals surface area contributed by atoms with Gasteiger partial charge in [-0.1, -0.05) is 49.5 Å². The van der Waals surface area contributed by atoms with Crippen molar-refractivity contribution in [1.82, 2.24) is 0 Å². The van der Waals surface area contributed by atoms with Gasteiger partial charge in [0.1, 0.15) is 0 Å². The summed E-state index contributed by atoms with van der Waals surface area (Å²) in [5, 5.41) is 3.56.